The molecular weight excluding hydrogens is 194 g/mol. The molecular formula is C10H19N3S. The number of hydrogen-bond acceptors (Lipinski definition) is 3. The molecule has 80 valence electrons. The van der Waals surface area contributed by atoms with Crippen LogP contribution in [0.25, 0.3) is 0 Å². The van der Waals surface area contributed by atoms with Gasteiger partial charge < -0.3 is 9.88 Å². The Labute approximate surface area is 90.3 Å². The lowest BCUT2D eigenvalue weighted by Gasteiger charge is -2.11. The second kappa shape index (κ2) is 6.09. The van der Waals surface area contributed by atoms with E-state index in [4.69, 9.17) is 0 Å². The van der Waals surface area contributed by atoms with Crippen LogP contribution in [0.4, 0.5) is 0 Å². The topological polar surface area (TPSA) is 29.9 Å². The van der Waals surface area contributed by atoms with Crippen LogP contribution in [-0.4, -0.2) is 34.1 Å². The van der Waals surface area contributed by atoms with Crippen LogP contribution in [0.5, 0.6) is 0 Å². The number of nitrogens with zero attached hydrogens (tertiary/aromatic N) is 2. The van der Waals surface area contributed by atoms with Gasteiger partial charge in [0.2, 0.25) is 0 Å². The first-order valence-corrected chi connectivity index (χ1v) is 6.32. The molecule has 0 amide bonds. The summed E-state index contributed by atoms with van der Waals surface area (Å²) in [5.41, 5.74) is 0. The molecule has 1 unspecified atom stereocenters. The number of hydrogen-bond donors (Lipinski definition) is 1. The summed E-state index contributed by atoms with van der Waals surface area (Å²) in [7, 11) is 2.04. The van der Waals surface area contributed by atoms with Crippen molar-refractivity contribution in [2.75, 3.05) is 18.6 Å². The molecule has 0 saturated carbocycles. The minimum absolute atomic E-state index is 0.588. The highest BCUT2D eigenvalue weighted by Crippen LogP contribution is 1.97. The first-order chi connectivity index (χ1) is 6.74. The van der Waals surface area contributed by atoms with Crippen LogP contribution in [0.1, 0.15) is 12.7 Å². The van der Waals surface area contributed by atoms with Gasteiger partial charge in [0.25, 0.3) is 0 Å². The van der Waals surface area contributed by atoms with Crippen LogP contribution in [0, 0.1) is 0 Å². The lowest BCUT2D eigenvalue weighted by Crippen LogP contribution is -2.30. The van der Waals surface area contributed by atoms with Crippen molar-refractivity contribution < 1.29 is 0 Å². The average Bonchev–Trinajstić information content (AvgIpc) is 2.52. The summed E-state index contributed by atoms with van der Waals surface area (Å²) in [6.45, 7) is 3.22. The van der Waals surface area contributed by atoms with Gasteiger partial charge in [-0.25, -0.2) is 4.98 Å². The van der Waals surface area contributed by atoms with E-state index in [2.05, 4.69) is 28.0 Å². The molecule has 3 nitrogen and oxygen atoms in total. The third-order valence-electron chi connectivity index (χ3n) is 2.18. The largest absolute Gasteiger partial charge is 0.338 e. The van der Waals surface area contributed by atoms with E-state index in [1.165, 1.54) is 5.75 Å². The van der Waals surface area contributed by atoms with Gasteiger partial charge in [-0.05, 0) is 13.2 Å². The van der Waals surface area contributed by atoms with E-state index in [1.807, 2.05) is 31.2 Å². The molecule has 1 aromatic heterocycles. The predicted octanol–water partition coefficient (Wildman–Crippen LogP) is 1.30. The van der Waals surface area contributed by atoms with E-state index >= 15 is 0 Å². The molecule has 14 heavy (non-hydrogen) atoms. The van der Waals surface area contributed by atoms with Gasteiger partial charge in [0.15, 0.2) is 0 Å². The molecule has 0 aliphatic carbocycles. The van der Waals surface area contributed by atoms with Gasteiger partial charge in [0.1, 0.15) is 5.82 Å². The fraction of sp³-hybridized carbons (Fsp3) is 0.700. The monoisotopic (exact) mass is 213 g/mol. The lowest BCUT2D eigenvalue weighted by molar-refractivity contribution is 0.583. The minimum Gasteiger partial charge on any atom is -0.338 e. The van der Waals surface area contributed by atoms with Crippen molar-refractivity contribution in [1.29, 1.82) is 0 Å². The molecule has 0 aliphatic rings. The van der Waals surface area contributed by atoms with Crippen molar-refractivity contribution in [3.8, 4) is 0 Å². The van der Waals surface area contributed by atoms with Crippen LogP contribution >= 0.6 is 11.8 Å². The van der Waals surface area contributed by atoms with Crippen molar-refractivity contribution in [2.24, 2.45) is 7.05 Å². The SMILES string of the molecule is CSCC(C)NCCc1nccn1C. The van der Waals surface area contributed by atoms with Crippen molar-refractivity contribution in [3.63, 3.8) is 0 Å². The van der Waals surface area contributed by atoms with Crippen LogP contribution in [-0.2, 0) is 13.5 Å². The third kappa shape index (κ3) is 3.72. The van der Waals surface area contributed by atoms with Crippen molar-refractivity contribution in [2.45, 2.75) is 19.4 Å². The van der Waals surface area contributed by atoms with Crippen LogP contribution in [0.3, 0.4) is 0 Å². The molecule has 0 radical (unpaired) electrons. The maximum absolute atomic E-state index is 4.28. The number of thioether (sulfide) groups is 1. The Bertz CT molecular complexity index is 260. The number of imidazole rings is 1. The highest BCUT2D eigenvalue weighted by molar-refractivity contribution is 7.98. The van der Waals surface area contributed by atoms with E-state index in [-0.39, 0.29) is 0 Å². The molecule has 1 atom stereocenters. The molecule has 0 aromatic carbocycles. The van der Waals surface area contributed by atoms with Gasteiger partial charge >= 0.3 is 0 Å². The molecule has 0 saturated heterocycles. The van der Waals surface area contributed by atoms with Gasteiger partial charge in [-0.1, -0.05) is 0 Å². The normalized spacial score (nSPS) is 13.1. The zero-order chi connectivity index (χ0) is 10.4. The summed E-state index contributed by atoms with van der Waals surface area (Å²) < 4.78 is 2.07. The van der Waals surface area contributed by atoms with Gasteiger partial charge in [0, 0.05) is 44.2 Å². The molecule has 0 bridgehead atoms. The Balaban J connectivity index is 2.19. The molecule has 0 spiro atoms. The summed E-state index contributed by atoms with van der Waals surface area (Å²) >= 11 is 1.88. The molecule has 1 rings (SSSR count). The number of aryl methyl sites for hydroxylation is 1. The first kappa shape index (κ1) is 11.6. The standard InChI is InChI=1S/C10H19N3S/c1-9(8-14-3)11-5-4-10-12-6-7-13(10)2/h6-7,9,11H,4-5,8H2,1-3H3. The summed E-state index contributed by atoms with van der Waals surface area (Å²) in [4.78, 5) is 4.28. The maximum Gasteiger partial charge on any atom is 0.109 e. The van der Waals surface area contributed by atoms with Gasteiger partial charge in [-0.15, -0.1) is 0 Å². The number of rotatable bonds is 6. The van der Waals surface area contributed by atoms with Gasteiger partial charge in [0.05, 0.1) is 0 Å². The highest BCUT2D eigenvalue weighted by Gasteiger charge is 2.01. The fourth-order valence-corrected chi connectivity index (χ4v) is 1.99. The second-order valence-corrected chi connectivity index (χ2v) is 4.43. The lowest BCUT2D eigenvalue weighted by atomic mass is 10.3. The molecule has 1 aromatic rings. The number of aromatic nitrogens is 2. The Morgan fingerprint density at radius 3 is 3.00 bits per heavy atom. The molecule has 0 fully saturated rings. The highest BCUT2D eigenvalue weighted by atomic mass is 32.2. The zero-order valence-corrected chi connectivity index (χ0v) is 9.97. The van der Waals surface area contributed by atoms with E-state index in [9.17, 15) is 0 Å². The fourth-order valence-electron chi connectivity index (χ4n) is 1.38. The van der Waals surface area contributed by atoms with Gasteiger partial charge in [-0.3, -0.25) is 0 Å². The Hall–Kier alpha value is -0.480. The smallest absolute Gasteiger partial charge is 0.109 e. The van der Waals surface area contributed by atoms with Crippen LogP contribution in [0.2, 0.25) is 0 Å². The number of nitrogens with one attached hydrogen (secondary N) is 1. The van der Waals surface area contributed by atoms with Crippen LogP contribution < -0.4 is 5.32 Å². The van der Waals surface area contributed by atoms with Gasteiger partial charge in [-0.2, -0.15) is 11.8 Å². The van der Waals surface area contributed by atoms with E-state index in [0.29, 0.717) is 6.04 Å². The van der Waals surface area contributed by atoms with Crippen molar-refractivity contribution >= 4 is 11.8 Å². The Morgan fingerprint density at radius 1 is 1.64 bits per heavy atom. The summed E-state index contributed by atoms with van der Waals surface area (Å²) in [5.74, 6) is 2.31. The van der Waals surface area contributed by atoms with Crippen molar-refractivity contribution in [3.05, 3.63) is 18.2 Å². The first-order valence-electron chi connectivity index (χ1n) is 4.92. The summed E-state index contributed by atoms with van der Waals surface area (Å²) in [5, 5.41) is 3.47. The molecule has 0 aliphatic heterocycles. The Kier molecular flexibility index (Phi) is 5.04. The Morgan fingerprint density at radius 2 is 2.43 bits per heavy atom. The summed E-state index contributed by atoms with van der Waals surface area (Å²) in [6.07, 6.45) is 6.97. The quantitative estimate of drug-likeness (QED) is 0.772. The van der Waals surface area contributed by atoms with E-state index in [1.54, 1.807) is 0 Å². The van der Waals surface area contributed by atoms with E-state index in [0.717, 1.165) is 18.8 Å². The predicted molar refractivity (Wildman–Crippen MR) is 62.8 cm³/mol. The third-order valence-corrected chi connectivity index (χ3v) is 3.01. The molecule has 4 heteroatoms. The summed E-state index contributed by atoms with van der Waals surface area (Å²) in [6, 6.07) is 0.588. The minimum atomic E-state index is 0.588. The molecule has 1 heterocycles. The maximum atomic E-state index is 4.28. The second-order valence-electron chi connectivity index (χ2n) is 3.51. The molecule has 1 N–H and O–H groups in total. The van der Waals surface area contributed by atoms with Crippen molar-refractivity contribution in [1.82, 2.24) is 14.9 Å². The zero-order valence-electron chi connectivity index (χ0n) is 9.16. The van der Waals surface area contributed by atoms with Crippen LogP contribution in [0.15, 0.2) is 12.4 Å². The van der Waals surface area contributed by atoms with E-state index < -0.39 is 0 Å². The average molecular weight is 213 g/mol.